The number of fused-ring (bicyclic) bond motifs is 8. The summed E-state index contributed by atoms with van der Waals surface area (Å²) in [5.41, 5.74) is 11.8. The fourth-order valence-electron chi connectivity index (χ4n) is 6.66. The van der Waals surface area contributed by atoms with Crippen molar-refractivity contribution in [3.05, 3.63) is 157 Å². The van der Waals surface area contributed by atoms with E-state index in [1.165, 1.54) is 44.2 Å². The van der Waals surface area contributed by atoms with E-state index in [4.69, 9.17) is 15.0 Å². The Morgan fingerprint density at radius 3 is 1.68 bits per heavy atom. The number of para-hydroxylation sites is 1. The zero-order valence-electron chi connectivity index (χ0n) is 23.9. The maximum Gasteiger partial charge on any atom is 0.238 e. The molecule has 8 aromatic rings. The fraction of sp³-hybridized carbons (Fsp3) is 0.0250. The van der Waals surface area contributed by atoms with Crippen LogP contribution >= 0.6 is 0 Å². The number of benzene rings is 6. The standard InChI is InChI=1S/C40H26N4/c1-3-13-26(14-4-1)38-41-39(27-15-5-2-6-16-27)43-40(42-38)44-36-22-12-11-21-33(36)35-25-34-29(24-37(35)44)23-28-17-7-8-18-30(28)31-19-9-10-20-32(31)34/h1-22,24-25H,23H2. The van der Waals surface area contributed by atoms with Gasteiger partial charge in [0.15, 0.2) is 11.6 Å². The van der Waals surface area contributed by atoms with Gasteiger partial charge in [-0.15, -0.1) is 0 Å². The predicted molar refractivity (Wildman–Crippen MR) is 179 cm³/mol. The van der Waals surface area contributed by atoms with Gasteiger partial charge in [0.1, 0.15) is 0 Å². The molecule has 4 nitrogen and oxygen atoms in total. The van der Waals surface area contributed by atoms with E-state index in [9.17, 15) is 0 Å². The van der Waals surface area contributed by atoms with Crippen LogP contribution in [0.4, 0.5) is 0 Å². The van der Waals surface area contributed by atoms with Crippen LogP contribution in [0, 0.1) is 0 Å². The van der Waals surface area contributed by atoms with Crippen LogP contribution in [0.1, 0.15) is 11.1 Å². The number of hydrogen-bond donors (Lipinski definition) is 0. The Labute approximate surface area is 255 Å². The van der Waals surface area contributed by atoms with Gasteiger partial charge in [-0.1, -0.05) is 127 Å². The van der Waals surface area contributed by atoms with Crippen molar-refractivity contribution in [3.8, 4) is 51.0 Å². The van der Waals surface area contributed by atoms with Crippen LogP contribution in [0.15, 0.2) is 146 Å². The van der Waals surface area contributed by atoms with Crippen molar-refractivity contribution >= 4 is 21.8 Å². The second-order valence-electron chi connectivity index (χ2n) is 11.3. The third kappa shape index (κ3) is 3.89. The highest BCUT2D eigenvalue weighted by Crippen LogP contribution is 2.44. The quantitative estimate of drug-likeness (QED) is 0.215. The highest BCUT2D eigenvalue weighted by Gasteiger charge is 2.23. The van der Waals surface area contributed by atoms with E-state index in [0.29, 0.717) is 17.6 Å². The van der Waals surface area contributed by atoms with Crippen molar-refractivity contribution in [1.82, 2.24) is 19.5 Å². The molecule has 1 aliphatic carbocycles. The van der Waals surface area contributed by atoms with Crippen LogP contribution in [-0.2, 0) is 6.42 Å². The largest absolute Gasteiger partial charge is 0.278 e. The molecule has 0 spiro atoms. The molecule has 1 aliphatic rings. The molecule has 4 heteroatoms. The predicted octanol–water partition coefficient (Wildman–Crippen LogP) is 9.54. The third-order valence-electron chi connectivity index (χ3n) is 8.69. The molecule has 9 rings (SSSR count). The number of aromatic nitrogens is 4. The summed E-state index contributed by atoms with van der Waals surface area (Å²) in [6, 6.07) is 51.2. The van der Waals surface area contributed by atoms with Gasteiger partial charge in [-0.3, -0.25) is 4.57 Å². The fourth-order valence-corrected chi connectivity index (χ4v) is 6.66. The number of nitrogens with zero attached hydrogens (tertiary/aromatic N) is 4. The first-order chi connectivity index (χ1) is 21.8. The monoisotopic (exact) mass is 562 g/mol. The lowest BCUT2D eigenvalue weighted by Crippen LogP contribution is -2.06. The lowest BCUT2D eigenvalue weighted by molar-refractivity contribution is 0.953. The molecule has 0 saturated carbocycles. The Morgan fingerprint density at radius 2 is 0.977 bits per heavy atom. The maximum atomic E-state index is 5.12. The number of hydrogen-bond acceptors (Lipinski definition) is 3. The van der Waals surface area contributed by atoms with E-state index in [1.807, 2.05) is 36.4 Å². The van der Waals surface area contributed by atoms with Gasteiger partial charge in [0.25, 0.3) is 0 Å². The van der Waals surface area contributed by atoms with Crippen LogP contribution < -0.4 is 0 Å². The molecule has 0 saturated heterocycles. The van der Waals surface area contributed by atoms with Gasteiger partial charge in [-0.05, 0) is 58.0 Å². The topological polar surface area (TPSA) is 43.6 Å². The number of rotatable bonds is 3. The molecule has 0 N–H and O–H groups in total. The summed E-state index contributed by atoms with van der Waals surface area (Å²) < 4.78 is 2.22. The van der Waals surface area contributed by atoms with Gasteiger partial charge in [0.2, 0.25) is 5.95 Å². The van der Waals surface area contributed by atoms with E-state index >= 15 is 0 Å². The maximum absolute atomic E-state index is 5.12. The first-order valence-corrected chi connectivity index (χ1v) is 14.9. The van der Waals surface area contributed by atoms with Crippen molar-refractivity contribution in [2.24, 2.45) is 0 Å². The Hall–Kier alpha value is -5.87. The summed E-state index contributed by atoms with van der Waals surface area (Å²) in [4.78, 5) is 15.2. The summed E-state index contributed by atoms with van der Waals surface area (Å²) in [7, 11) is 0. The molecule has 0 bridgehead atoms. The van der Waals surface area contributed by atoms with Gasteiger partial charge < -0.3 is 0 Å². The lowest BCUT2D eigenvalue weighted by atomic mass is 9.93. The second-order valence-corrected chi connectivity index (χ2v) is 11.3. The van der Waals surface area contributed by atoms with E-state index in [1.54, 1.807) is 0 Å². The average Bonchev–Trinajstić information content (AvgIpc) is 3.34. The van der Waals surface area contributed by atoms with Crippen LogP contribution in [0.25, 0.3) is 72.8 Å². The zero-order chi connectivity index (χ0) is 29.0. The minimum Gasteiger partial charge on any atom is -0.278 e. The SMILES string of the molecule is c1ccc(-c2nc(-c3ccccc3)nc(-n3c4ccccc4c4cc5c(cc43)Cc3ccccc3-c3ccccc3-5)n2)cc1. The van der Waals surface area contributed by atoms with Crippen molar-refractivity contribution in [3.63, 3.8) is 0 Å². The van der Waals surface area contributed by atoms with E-state index in [2.05, 4.69) is 114 Å². The first kappa shape index (κ1) is 24.7. The highest BCUT2D eigenvalue weighted by molar-refractivity contribution is 6.11. The second kappa shape index (κ2) is 9.85. The highest BCUT2D eigenvalue weighted by atomic mass is 15.2. The first-order valence-electron chi connectivity index (χ1n) is 14.9. The van der Waals surface area contributed by atoms with Crippen LogP contribution in [0.2, 0.25) is 0 Å². The Morgan fingerprint density at radius 1 is 0.409 bits per heavy atom. The molecular weight excluding hydrogens is 536 g/mol. The van der Waals surface area contributed by atoms with Gasteiger partial charge >= 0.3 is 0 Å². The molecule has 0 atom stereocenters. The minimum atomic E-state index is 0.610. The molecule has 0 fully saturated rings. The zero-order valence-corrected chi connectivity index (χ0v) is 23.9. The van der Waals surface area contributed by atoms with Gasteiger partial charge in [-0.25, -0.2) is 4.98 Å². The van der Waals surface area contributed by atoms with Crippen LogP contribution in [-0.4, -0.2) is 19.5 Å². The van der Waals surface area contributed by atoms with E-state index in [0.717, 1.165) is 28.6 Å². The Bertz CT molecular complexity index is 2300. The molecule has 0 radical (unpaired) electrons. The molecule has 6 aromatic carbocycles. The van der Waals surface area contributed by atoms with Gasteiger partial charge in [0, 0.05) is 21.9 Å². The molecule has 0 amide bonds. The summed E-state index contributed by atoms with van der Waals surface area (Å²) in [5.74, 6) is 1.91. The average molecular weight is 563 g/mol. The summed E-state index contributed by atoms with van der Waals surface area (Å²) in [6.45, 7) is 0. The smallest absolute Gasteiger partial charge is 0.238 e. The molecular formula is C40H26N4. The Balaban J connectivity index is 1.36. The van der Waals surface area contributed by atoms with Crippen LogP contribution in [0.5, 0.6) is 0 Å². The minimum absolute atomic E-state index is 0.610. The van der Waals surface area contributed by atoms with Crippen molar-refractivity contribution in [2.75, 3.05) is 0 Å². The van der Waals surface area contributed by atoms with Crippen molar-refractivity contribution in [1.29, 1.82) is 0 Å². The van der Waals surface area contributed by atoms with E-state index < -0.39 is 0 Å². The summed E-state index contributed by atoms with van der Waals surface area (Å²) in [6.07, 6.45) is 0.847. The van der Waals surface area contributed by atoms with Gasteiger partial charge in [-0.2, -0.15) is 9.97 Å². The molecule has 206 valence electrons. The molecule has 0 unspecified atom stereocenters. The van der Waals surface area contributed by atoms with Gasteiger partial charge in [0.05, 0.1) is 11.0 Å². The Kier molecular flexibility index (Phi) is 5.53. The van der Waals surface area contributed by atoms with Crippen LogP contribution in [0.3, 0.4) is 0 Å². The normalized spacial score (nSPS) is 12.0. The summed E-state index contributed by atoms with van der Waals surface area (Å²) in [5, 5.41) is 2.36. The third-order valence-corrected chi connectivity index (χ3v) is 8.69. The van der Waals surface area contributed by atoms with Crippen molar-refractivity contribution in [2.45, 2.75) is 6.42 Å². The molecule has 2 aromatic heterocycles. The summed E-state index contributed by atoms with van der Waals surface area (Å²) >= 11 is 0. The van der Waals surface area contributed by atoms with Crippen molar-refractivity contribution < 1.29 is 0 Å². The van der Waals surface area contributed by atoms with E-state index in [-0.39, 0.29) is 0 Å². The molecule has 2 heterocycles. The molecule has 0 aliphatic heterocycles. The lowest BCUT2D eigenvalue weighted by Gasteiger charge is -2.13. The molecule has 44 heavy (non-hydrogen) atoms.